The molecular formula is C22H36. The second-order valence-corrected chi connectivity index (χ2v) is 12.1. The molecule has 0 aromatic carbocycles. The third-order valence-corrected chi connectivity index (χ3v) is 10.2. The number of fused-ring (bicyclic) bond motifs is 6. The van der Waals surface area contributed by atoms with E-state index in [9.17, 15) is 0 Å². The van der Waals surface area contributed by atoms with Crippen LogP contribution in [-0.4, -0.2) is 0 Å². The Hall–Kier alpha value is 0. The van der Waals surface area contributed by atoms with Crippen LogP contribution in [0.15, 0.2) is 0 Å². The van der Waals surface area contributed by atoms with Gasteiger partial charge >= 0.3 is 0 Å². The summed E-state index contributed by atoms with van der Waals surface area (Å²) < 4.78 is 0. The van der Waals surface area contributed by atoms with Crippen LogP contribution in [0.4, 0.5) is 0 Å². The van der Waals surface area contributed by atoms with Gasteiger partial charge in [-0.05, 0) is 95.7 Å². The van der Waals surface area contributed by atoms with Crippen molar-refractivity contribution in [3.05, 3.63) is 0 Å². The summed E-state index contributed by atoms with van der Waals surface area (Å²) in [7, 11) is 0. The van der Waals surface area contributed by atoms with Gasteiger partial charge in [0.25, 0.3) is 0 Å². The minimum atomic E-state index is 0.519. The zero-order valence-corrected chi connectivity index (χ0v) is 15.7. The van der Waals surface area contributed by atoms with Gasteiger partial charge in [0.15, 0.2) is 0 Å². The first-order chi connectivity index (χ1) is 10.1. The summed E-state index contributed by atoms with van der Waals surface area (Å²) in [6, 6.07) is 0. The summed E-state index contributed by atoms with van der Waals surface area (Å²) in [5, 5.41) is 0. The molecule has 0 aliphatic heterocycles. The first-order valence-electron chi connectivity index (χ1n) is 10.1. The average molecular weight is 301 g/mol. The molecule has 0 heterocycles. The largest absolute Gasteiger partial charge is 0.0596 e. The van der Waals surface area contributed by atoms with Crippen molar-refractivity contribution in [2.75, 3.05) is 0 Å². The number of rotatable bonds is 0. The molecule has 0 saturated heterocycles. The van der Waals surface area contributed by atoms with Crippen molar-refractivity contribution in [1.29, 1.82) is 0 Å². The van der Waals surface area contributed by atoms with Crippen LogP contribution in [0.2, 0.25) is 0 Å². The maximum atomic E-state index is 2.58. The molecule has 0 nitrogen and oxygen atoms in total. The molecule has 4 rings (SSSR count). The van der Waals surface area contributed by atoms with Crippen molar-refractivity contribution >= 4 is 0 Å². The standard InChI is InChI=1S/C22H36/c1-19(2,3)21-10-14-8-17-16(12-21)18-9-15(21)7-13(14)11-22(17,18)20(4,5)6/h13-18H,7-12H2,1-6H3. The highest BCUT2D eigenvalue weighted by molar-refractivity contribution is 5.24. The van der Waals surface area contributed by atoms with Crippen molar-refractivity contribution in [3.63, 3.8) is 0 Å². The molecule has 0 aromatic rings. The Morgan fingerprint density at radius 3 is 1.95 bits per heavy atom. The molecule has 4 aliphatic rings. The Morgan fingerprint density at radius 1 is 0.682 bits per heavy atom. The Bertz CT molecular complexity index is 476. The van der Waals surface area contributed by atoms with E-state index in [1.807, 2.05) is 0 Å². The zero-order valence-electron chi connectivity index (χ0n) is 15.7. The van der Waals surface area contributed by atoms with Crippen LogP contribution in [0.1, 0.15) is 80.1 Å². The topological polar surface area (TPSA) is 0 Å². The Labute approximate surface area is 137 Å². The smallest absolute Gasteiger partial charge is 0.0184 e. The molecule has 8 atom stereocenters. The van der Waals surface area contributed by atoms with E-state index in [-0.39, 0.29) is 0 Å². The lowest BCUT2D eigenvalue weighted by molar-refractivity contribution is -0.240. The molecule has 0 bridgehead atoms. The monoisotopic (exact) mass is 300 g/mol. The summed E-state index contributed by atoms with van der Waals surface area (Å²) >= 11 is 0. The van der Waals surface area contributed by atoms with Crippen molar-refractivity contribution in [3.8, 4) is 0 Å². The van der Waals surface area contributed by atoms with Crippen molar-refractivity contribution in [2.24, 2.45) is 57.2 Å². The molecule has 4 fully saturated rings. The van der Waals surface area contributed by atoms with E-state index in [2.05, 4.69) is 41.5 Å². The lowest BCUT2D eigenvalue weighted by atomic mass is 9.32. The number of hydrogen-bond donors (Lipinski definition) is 0. The lowest BCUT2D eigenvalue weighted by Gasteiger charge is -2.72. The summed E-state index contributed by atoms with van der Waals surface area (Å²) in [5.41, 5.74) is 2.47. The van der Waals surface area contributed by atoms with Gasteiger partial charge in [-0.1, -0.05) is 41.5 Å². The molecule has 4 aliphatic carbocycles. The van der Waals surface area contributed by atoms with Gasteiger partial charge < -0.3 is 0 Å². The second kappa shape index (κ2) is 3.65. The van der Waals surface area contributed by atoms with Gasteiger partial charge in [-0.2, -0.15) is 0 Å². The van der Waals surface area contributed by atoms with E-state index in [1.54, 1.807) is 38.5 Å². The van der Waals surface area contributed by atoms with Gasteiger partial charge in [0.2, 0.25) is 0 Å². The van der Waals surface area contributed by atoms with E-state index < -0.39 is 0 Å². The minimum absolute atomic E-state index is 0.519. The Balaban J connectivity index is 1.67. The van der Waals surface area contributed by atoms with E-state index >= 15 is 0 Å². The quantitative estimate of drug-likeness (QED) is 0.503. The van der Waals surface area contributed by atoms with Crippen molar-refractivity contribution < 1.29 is 0 Å². The van der Waals surface area contributed by atoms with Gasteiger partial charge in [-0.3, -0.25) is 0 Å². The van der Waals surface area contributed by atoms with Crippen molar-refractivity contribution in [2.45, 2.75) is 80.1 Å². The summed E-state index contributed by atoms with van der Waals surface area (Å²) in [6.07, 6.45) is 9.58. The SMILES string of the molecule is CC(C)(C)C12CC3CC4C(C1)C1CC2CC3CC41C(C)(C)C. The normalized spacial score (nSPS) is 58.6. The van der Waals surface area contributed by atoms with E-state index in [0.29, 0.717) is 16.2 Å². The van der Waals surface area contributed by atoms with Crippen LogP contribution in [-0.2, 0) is 0 Å². The fourth-order valence-corrected chi connectivity index (χ4v) is 9.37. The highest BCUT2D eigenvalue weighted by Gasteiger charge is 2.76. The second-order valence-electron chi connectivity index (χ2n) is 12.1. The van der Waals surface area contributed by atoms with Gasteiger partial charge in [-0.25, -0.2) is 0 Å². The predicted octanol–water partition coefficient (Wildman–Crippen LogP) is 6.16. The predicted molar refractivity (Wildman–Crippen MR) is 92.4 cm³/mol. The average Bonchev–Trinajstić information content (AvgIpc) is 2.47. The third-order valence-electron chi connectivity index (χ3n) is 10.2. The fraction of sp³-hybridized carbons (Fsp3) is 1.00. The molecule has 22 heavy (non-hydrogen) atoms. The van der Waals surface area contributed by atoms with Gasteiger partial charge in [0.1, 0.15) is 0 Å². The lowest BCUT2D eigenvalue weighted by Crippen LogP contribution is -2.66. The molecule has 8 unspecified atom stereocenters. The van der Waals surface area contributed by atoms with E-state index in [0.717, 1.165) is 40.9 Å². The molecule has 0 aromatic heterocycles. The summed E-state index contributed by atoms with van der Waals surface area (Å²) in [4.78, 5) is 0. The van der Waals surface area contributed by atoms with Crippen molar-refractivity contribution in [1.82, 2.24) is 0 Å². The molecule has 0 amide bonds. The summed E-state index contributed by atoms with van der Waals surface area (Å²) in [6.45, 7) is 15.5. The Kier molecular flexibility index (Phi) is 2.38. The van der Waals surface area contributed by atoms with Crippen LogP contribution >= 0.6 is 0 Å². The maximum Gasteiger partial charge on any atom is -0.0184 e. The van der Waals surface area contributed by atoms with E-state index in [4.69, 9.17) is 0 Å². The number of hydrogen-bond acceptors (Lipinski definition) is 0. The van der Waals surface area contributed by atoms with Crippen LogP contribution in [0.25, 0.3) is 0 Å². The van der Waals surface area contributed by atoms with Crippen LogP contribution < -0.4 is 0 Å². The maximum absolute atomic E-state index is 2.58. The molecule has 0 spiro atoms. The first-order valence-corrected chi connectivity index (χ1v) is 10.1. The molecule has 124 valence electrons. The first kappa shape index (κ1) is 14.4. The van der Waals surface area contributed by atoms with Crippen LogP contribution in [0.3, 0.4) is 0 Å². The molecule has 0 N–H and O–H groups in total. The fourth-order valence-electron chi connectivity index (χ4n) is 9.37. The molecular weight excluding hydrogens is 264 g/mol. The molecule has 4 saturated carbocycles. The highest BCUT2D eigenvalue weighted by Crippen LogP contribution is 2.83. The summed E-state index contributed by atoms with van der Waals surface area (Å²) in [5.74, 6) is 6.49. The zero-order chi connectivity index (χ0) is 15.7. The van der Waals surface area contributed by atoms with Gasteiger partial charge in [0.05, 0.1) is 0 Å². The molecule has 0 heteroatoms. The van der Waals surface area contributed by atoms with Gasteiger partial charge in [-0.15, -0.1) is 0 Å². The van der Waals surface area contributed by atoms with Gasteiger partial charge in [0, 0.05) is 0 Å². The van der Waals surface area contributed by atoms with E-state index in [1.165, 1.54) is 0 Å². The Morgan fingerprint density at radius 2 is 1.32 bits per heavy atom. The van der Waals surface area contributed by atoms with Crippen LogP contribution in [0, 0.1) is 57.2 Å². The highest BCUT2D eigenvalue weighted by atomic mass is 14.8. The van der Waals surface area contributed by atoms with Crippen LogP contribution in [0.5, 0.6) is 0 Å². The minimum Gasteiger partial charge on any atom is -0.0596 e. The molecule has 0 radical (unpaired) electrons. The third kappa shape index (κ3) is 1.28.